The Morgan fingerprint density at radius 1 is 1.25 bits per heavy atom. The zero-order valence-corrected chi connectivity index (χ0v) is 11.3. The minimum Gasteiger partial charge on any atom is -0.393 e. The van der Waals surface area contributed by atoms with Gasteiger partial charge in [-0.25, -0.2) is 4.79 Å². The number of aliphatic hydroxyl groups is 1. The van der Waals surface area contributed by atoms with Crippen molar-refractivity contribution in [2.24, 2.45) is 5.41 Å². The lowest BCUT2D eigenvalue weighted by atomic mass is 9.86. The summed E-state index contributed by atoms with van der Waals surface area (Å²) in [6.07, 6.45) is 7.76. The second kappa shape index (κ2) is 7.72. The summed E-state index contributed by atoms with van der Waals surface area (Å²) >= 11 is 0. The van der Waals surface area contributed by atoms with Crippen molar-refractivity contribution in [3.63, 3.8) is 0 Å². The summed E-state index contributed by atoms with van der Waals surface area (Å²) in [5, 5.41) is 8.91. The fraction of sp³-hybridized carbons (Fsp3) is 0.857. The van der Waals surface area contributed by atoms with E-state index in [1.807, 2.05) is 6.92 Å². The fourth-order valence-corrected chi connectivity index (χ4v) is 1.96. The fourth-order valence-electron chi connectivity index (χ4n) is 1.96. The van der Waals surface area contributed by atoms with Crippen molar-refractivity contribution < 1.29 is 9.90 Å². The molecule has 1 aliphatic rings. The molecule has 0 spiro atoms. The van der Waals surface area contributed by atoms with Crippen LogP contribution in [0.3, 0.4) is 0 Å². The molecule has 1 saturated carbocycles. The highest BCUT2D eigenvalue weighted by Gasteiger charge is 2.22. The molecule has 0 aliphatic heterocycles. The lowest BCUT2D eigenvalue weighted by Gasteiger charge is -2.14. The van der Waals surface area contributed by atoms with Crippen molar-refractivity contribution in [3.05, 3.63) is 5.92 Å². The Bertz CT molecular complexity index is 176. The van der Waals surface area contributed by atoms with Crippen LogP contribution in [0.25, 0.3) is 0 Å². The number of aliphatic hydroxyl groups excluding tert-OH is 1. The Labute approximate surface area is 100 Å². The van der Waals surface area contributed by atoms with Crippen molar-refractivity contribution in [3.8, 4) is 0 Å². The van der Waals surface area contributed by atoms with Crippen molar-refractivity contribution in [1.82, 2.24) is 0 Å². The van der Waals surface area contributed by atoms with Gasteiger partial charge in [-0.3, -0.25) is 0 Å². The zero-order chi connectivity index (χ0) is 12.6. The van der Waals surface area contributed by atoms with E-state index in [1.165, 1.54) is 19.3 Å². The van der Waals surface area contributed by atoms with Crippen LogP contribution in [0.2, 0.25) is 0 Å². The van der Waals surface area contributed by atoms with Gasteiger partial charge in [0, 0.05) is 5.41 Å². The van der Waals surface area contributed by atoms with Gasteiger partial charge in [0.05, 0.1) is 13.0 Å². The van der Waals surface area contributed by atoms with E-state index in [1.54, 1.807) is 0 Å². The monoisotopic (exact) mass is 227 g/mol. The second-order valence-corrected chi connectivity index (χ2v) is 5.99. The summed E-state index contributed by atoms with van der Waals surface area (Å²) in [5.74, 6) is 0.933. The Morgan fingerprint density at radius 3 is 1.94 bits per heavy atom. The average Bonchev–Trinajstić information content (AvgIpc) is 2.17. The van der Waals surface area contributed by atoms with E-state index in [0.717, 1.165) is 31.5 Å². The van der Waals surface area contributed by atoms with Crippen LogP contribution < -0.4 is 0 Å². The van der Waals surface area contributed by atoms with Crippen LogP contribution in [0.5, 0.6) is 0 Å². The van der Waals surface area contributed by atoms with Crippen LogP contribution in [0, 0.1) is 11.3 Å². The van der Waals surface area contributed by atoms with E-state index in [4.69, 9.17) is 5.11 Å². The Kier molecular flexibility index (Phi) is 7.48. The van der Waals surface area contributed by atoms with Gasteiger partial charge in [0.1, 0.15) is 6.42 Å². The largest absolute Gasteiger partial charge is 0.393 e. The summed E-state index contributed by atoms with van der Waals surface area (Å²) in [5.41, 5.74) is 0.255. The van der Waals surface area contributed by atoms with Gasteiger partial charge in [0.15, 0.2) is 5.92 Å². The minimum absolute atomic E-state index is 0.0359. The number of carbonyl (C=O) groups is 1. The van der Waals surface area contributed by atoms with Crippen LogP contribution in [0.15, 0.2) is 0 Å². The van der Waals surface area contributed by atoms with Gasteiger partial charge in [-0.2, -0.15) is 0 Å². The highest BCUT2D eigenvalue weighted by Crippen LogP contribution is 2.23. The number of hydrogen-bond donors (Lipinski definition) is 1. The molecular weight excluding hydrogens is 200 g/mol. The average molecular weight is 227 g/mol. The molecule has 2 heteroatoms. The molecule has 1 N–H and O–H groups in total. The summed E-state index contributed by atoms with van der Waals surface area (Å²) < 4.78 is 0. The normalized spacial score (nSPS) is 17.3. The Morgan fingerprint density at radius 2 is 1.75 bits per heavy atom. The van der Waals surface area contributed by atoms with Crippen molar-refractivity contribution in [1.29, 1.82) is 0 Å². The molecule has 0 heterocycles. The molecule has 1 fully saturated rings. The highest BCUT2D eigenvalue weighted by atomic mass is 16.3. The van der Waals surface area contributed by atoms with E-state index in [-0.39, 0.29) is 11.5 Å². The summed E-state index contributed by atoms with van der Waals surface area (Å²) in [6.45, 7) is 8.25. The smallest absolute Gasteiger partial charge is 0.296 e. The first-order valence-electron chi connectivity index (χ1n) is 6.31. The van der Waals surface area contributed by atoms with Crippen LogP contribution >= 0.6 is 0 Å². The van der Waals surface area contributed by atoms with E-state index >= 15 is 0 Å². The van der Waals surface area contributed by atoms with Gasteiger partial charge in [0.2, 0.25) is 0 Å². The molecule has 16 heavy (non-hydrogen) atoms. The molecule has 1 rings (SSSR count). The Balaban J connectivity index is 0.000000288. The number of aldehydes is 1. The molecule has 0 unspecified atom stereocenters. The topological polar surface area (TPSA) is 37.3 Å². The first kappa shape index (κ1) is 15.5. The van der Waals surface area contributed by atoms with Crippen LogP contribution in [-0.2, 0) is 4.79 Å². The molecule has 0 bridgehead atoms. The van der Waals surface area contributed by atoms with Gasteiger partial charge >= 0.3 is 0 Å². The number of rotatable bonds is 2. The molecule has 0 aromatic rings. The molecule has 0 saturated heterocycles. The molecule has 0 radical (unpaired) electrons. The van der Waals surface area contributed by atoms with Gasteiger partial charge in [-0.05, 0) is 12.8 Å². The first-order valence-corrected chi connectivity index (χ1v) is 6.31. The maximum Gasteiger partial charge on any atom is 0.296 e. The standard InChI is InChI=1S/C8H15O.C6H12O/c1-7(6-9)5-8(2,3)4;7-6-4-2-1-3-5-6/h6H,5H2,1-4H3;6-7H,1-5H2/q+1;. The minimum atomic E-state index is 0.0359. The molecular formula is C14H27O2+. The van der Waals surface area contributed by atoms with Crippen molar-refractivity contribution >= 4 is 6.29 Å². The molecule has 1 aliphatic carbocycles. The third kappa shape index (κ3) is 10.0. The number of hydrogen-bond acceptors (Lipinski definition) is 2. The van der Waals surface area contributed by atoms with Crippen LogP contribution in [0.1, 0.15) is 66.2 Å². The van der Waals surface area contributed by atoms with E-state index < -0.39 is 0 Å². The van der Waals surface area contributed by atoms with Gasteiger partial charge in [0.25, 0.3) is 6.29 Å². The van der Waals surface area contributed by atoms with Crippen LogP contribution in [-0.4, -0.2) is 17.5 Å². The molecule has 2 nitrogen and oxygen atoms in total. The maximum atomic E-state index is 10.1. The maximum absolute atomic E-state index is 10.1. The summed E-state index contributed by atoms with van der Waals surface area (Å²) in [6, 6.07) is 0. The third-order valence-corrected chi connectivity index (χ3v) is 2.59. The molecule has 0 aromatic carbocycles. The zero-order valence-electron chi connectivity index (χ0n) is 11.3. The van der Waals surface area contributed by atoms with Crippen LogP contribution in [0.4, 0.5) is 0 Å². The van der Waals surface area contributed by atoms with E-state index in [2.05, 4.69) is 20.8 Å². The highest BCUT2D eigenvalue weighted by molar-refractivity contribution is 5.67. The second-order valence-electron chi connectivity index (χ2n) is 5.99. The van der Waals surface area contributed by atoms with Crippen molar-refractivity contribution in [2.45, 2.75) is 72.3 Å². The Hall–Kier alpha value is -0.500. The van der Waals surface area contributed by atoms with E-state index in [9.17, 15) is 4.79 Å². The molecule has 0 amide bonds. The predicted molar refractivity (Wildman–Crippen MR) is 68.1 cm³/mol. The van der Waals surface area contributed by atoms with Gasteiger partial charge in [-0.1, -0.05) is 40.0 Å². The molecule has 0 aromatic heterocycles. The third-order valence-electron chi connectivity index (χ3n) is 2.59. The van der Waals surface area contributed by atoms with Crippen molar-refractivity contribution in [2.75, 3.05) is 0 Å². The summed E-state index contributed by atoms with van der Waals surface area (Å²) in [7, 11) is 0. The predicted octanol–water partition coefficient (Wildman–Crippen LogP) is 3.53. The number of carbonyl (C=O) groups excluding carboxylic acids is 1. The van der Waals surface area contributed by atoms with Gasteiger partial charge < -0.3 is 5.11 Å². The molecule has 0 atom stereocenters. The SMILES string of the molecule is C[C+](C=O)CC(C)(C)C.OC1CCCCC1. The van der Waals surface area contributed by atoms with Gasteiger partial charge in [-0.15, -0.1) is 0 Å². The quantitative estimate of drug-likeness (QED) is 0.579. The van der Waals surface area contributed by atoms with E-state index in [0.29, 0.717) is 0 Å². The molecule has 94 valence electrons. The summed E-state index contributed by atoms with van der Waals surface area (Å²) in [4.78, 5) is 10.1. The lowest BCUT2D eigenvalue weighted by Crippen LogP contribution is -2.09. The lowest BCUT2D eigenvalue weighted by molar-refractivity contribution is -0.106. The first-order chi connectivity index (χ1) is 7.35.